The minimum atomic E-state index is -0.373. The van der Waals surface area contributed by atoms with Crippen LogP contribution in [0.15, 0.2) is 34.9 Å². The topological polar surface area (TPSA) is 91.6 Å². The number of aromatic nitrogens is 1. The predicted molar refractivity (Wildman–Crippen MR) is 140 cm³/mol. The van der Waals surface area contributed by atoms with Crippen LogP contribution in [-0.2, 0) is 17.6 Å². The number of likely N-dealkylation sites (tertiary alicyclic amines) is 1. The van der Waals surface area contributed by atoms with E-state index in [0.717, 1.165) is 54.0 Å². The van der Waals surface area contributed by atoms with Crippen molar-refractivity contribution in [3.8, 4) is 0 Å². The zero-order valence-electron chi connectivity index (χ0n) is 19.7. The van der Waals surface area contributed by atoms with Gasteiger partial charge in [0, 0.05) is 60.8 Å². The number of hydrogen-bond donors (Lipinski definition) is 2. The molecule has 2 saturated heterocycles. The van der Waals surface area contributed by atoms with Gasteiger partial charge in [-0.1, -0.05) is 17.7 Å². The number of hydrogen-bond acceptors (Lipinski definition) is 4. The average Bonchev–Trinajstić information content (AvgIpc) is 3.00. The highest BCUT2D eigenvalue weighted by Crippen LogP contribution is 2.39. The maximum atomic E-state index is 13.7. The molecule has 1 aliphatic carbocycles. The fraction of sp³-hybridized carbons (Fsp3) is 0.500. The lowest BCUT2D eigenvalue weighted by Crippen LogP contribution is -2.56. The number of piperazine rings is 1. The average molecular weight is 561 g/mol. The Morgan fingerprint density at radius 1 is 1.14 bits per heavy atom. The number of nitrogens with two attached hydrogens (primary N) is 1. The Bertz CT molecular complexity index is 1070. The Labute approximate surface area is 219 Å². The van der Waals surface area contributed by atoms with Gasteiger partial charge in [-0.2, -0.15) is 0 Å². The van der Waals surface area contributed by atoms with Crippen LogP contribution >= 0.6 is 27.5 Å². The molecule has 3 heterocycles. The first kappa shape index (κ1) is 24.5. The van der Waals surface area contributed by atoms with Gasteiger partial charge < -0.3 is 20.9 Å². The van der Waals surface area contributed by atoms with E-state index >= 15 is 0 Å². The van der Waals surface area contributed by atoms with Crippen LogP contribution in [0.5, 0.6) is 0 Å². The molecule has 35 heavy (non-hydrogen) atoms. The van der Waals surface area contributed by atoms with Crippen LogP contribution in [0.2, 0.25) is 5.02 Å². The fourth-order valence-corrected chi connectivity index (χ4v) is 6.50. The Kier molecular flexibility index (Phi) is 7.32. The van der Waals surface area contributed by atoms with Crippen molar-refractivity contribution in [2.24, 2.45) is 11.7 Å². The lowest BCUT2D eigenvalue weighted by molar-refractivity contribution is -0.136. The van der Waals surface area contributed by atoms with Gasteiger partial charge in [0.05, 0.1) is 11.7 Å². The van der Waals surface area contributed by atoms with Crippen molar-refractivity contribution in [2.75, 3.05) is 32.7 Å². The fourth-order valence-electron chi connectivity index (χ4n) is 5.93. The number of piperidine rings is 1. The number of carbonyl (C=O) groups is 2. The van der Waals surface area contributed by atoms with E-state index < -0.39 is 0 Å². The second-order valence-electron chi connectivity index (χ2n) is 9.85. The number of pyridine rings is 1. The SMILES string of the molecule is NC(=O)N1CCC(CC(=O)N2CCNCC2C2c3ccc(Cl)cc3CCc3cc(Br)cnc32)CC1. The quantitative estimate of drug-likeness (QED) is 0.599. The van der Waals surface area contributed by atoms with Crippen molar-refractivity contribution in [1.82, 2.24) is 20.1 Å². The number of nitrogens with one attached hydrogen (secondary N) is 1. The summed E-state index contributed by atoms with van der Waals surface area (Å²) in [6, 6.07) is 7.90. The molecule has 0 saturated carbocycles. The molecule has 3 N–H and O–H groups in total. The van der Waals surface area contributed by atoms with E-state index in [1.54, 1.807) is 4.90 Å². The van der Waals surface area contributed by atoms with Gasteiger partial charge in [0.25, 0.3) is 0 Å². The molecule has 2 atom stereocenters. The summed E-state index contributed by atoms with van der Waals surface area (Å²) in [6.07, 6.45) is 5.77. The van der Waals surface area contributed by atoms with Gasteiger partial charge in [0.15, 0.2) is 0 Å². The number of halogens is 2. The molecule has 7 nitrogen and oxygen atoms in total. The number of aryl methyl sites for hydroxylation is 2. The van der Waals surface area contributed by atoms with Crippen molar-refractivity contribution in [2.45, 2.75) is 44.1 Å². The van der Waals surface area contributed by atoms with Gasteiger partial charge in [0.2, 0.25) is 5.91 Å². The van der Waals surface area contributed by atoms with Crippen LogP contribution in [-0.4, -0.2) is 65.5 Å². The van der Waals surface area contributed by atoms with E-state index in [2.05, 4.69) is 44.3 Å². The minimum Gasteiger partial charge on any atom is -0.351 e. The molecule has 0 bridgehead atoms. The second kappa shape index (κ2) is 10.4. The molecule has 5 rings (SSSR count). The van der Waals surface area contributed by atoms with Crippen LogP contribution in [0.4, 0.5) is 4.79 Å². The molecule has 2 aliphatic heterocycles. The van der Waals surface area contributed by atoms with E-state index in [-0.39, 0.29) is 29.8 Å². The molecule has 186 valence electrons. The Morgan fingerprint density at radius 2 is 1.91 bits per heavy atom. The van der Waals surface area contributed by atoms with Gasteiger partial charge in [0.1, 0.15) is 0 Å². The summed E-state index contributed by atoms with van der Waals surface area (Å²) < 4.78 is 0.969. The van der Waals surface area contributed by atoms with Crippen molar-refractivity contribution < 1.29 is 9.59 Å². The highest BCUT2D eigenvalue weighted by atomic mass is 79.9. The molecule has 1 aromatic carbocycles. The third-order valence-corrected chi connectivity index (χ3v) is 8.41. The molecular formula is C26H31BrClN5O2. The first-order valence-electron chi connectivity index (χ1n) is 12.4. The van der Waals surface area contributed by atoms with Crippen LogP contribution < -0.4 is 11.1 Å². The van der Waals surface area contributed by atoms with Crippen LogP contribution in [0, 0.1) is 5.92 Å². The largest absolute Gasteiger partial charge is 0.351 e. The van der Waals surface area contributed by atoms with Crippen LogP contribution in [0.25, 0.3) is 0 Å². The molecule has 3 amide bonds. The van der Waals surface area contributed by atoms with Gasteiger partial charge in [-0.05, 0) is 82.4 Å². The van der Waals surface area contributed by atoms with Gasteiger partial charge in [-0.15, -0.1) is 0 Å². The monoisotopic (exact) mass is 559 g/mol. The highest BCUT2D eigenvalue weighted by molar-refractivity contribution is 9.10. The van der Waals surface area contributed by atoms with Crippen molar-refractivity contribution in [3.63, 3.8) is 0 Å². The maximum Gasteiger partial charge on any atom is 0.314 e. The minimum absolute atomic E-state index is 0.0266. The summed E-state index contributed by atoms with van der Waals surface area (Å²) >= 11 is 9.97. The van der Waals surface area contributed by atoms with E-state index in [1.807, 2.05) is 12.3 Å². The lowest BCUT2D eigenvalue weighted by atomic mass is 9.83. The van der Waals surface area contributed by atoms with Crippen LogP contribution in [0.1, 0.15) is 47.6 Å². The molecule has 1 aromatic heterocycles. The maximum absolute atomic E-state index is 13.7. The third-order valence-electron chi connectivity index (χ3n) is 7.74. The Morgan fingerprint density at radius 3 is 2.69 bits per heavy atom. The lowest BCUT2D eigenvalue weighted by Gasteiger charge is -2.42. The van der Waals surface area contributed by atoms with E-state index in [9.17, 15) is 9.59 Å². The highest BCUT2D eigenvalue weighted by Gasteiger charge is 2.39. The van der Waals surface area contributed by atoms with Gasteiger partial charge in [-0.25, -0.2) is 4.79 Å². The zero-order valence-corrected chi connectivity index (χ0v) is 22.0. The van der Waals surface area contributed by atoms with E-state index in [1.165, 1.54) is 16.7 Å². The molecule has 9 heteroatoms. The molecular weight excluding hydrogens is 530 g/mol. The van der Waals surface area contributed by atoms with Crippen molar-refractivity contribution in [3.05, 3.63) is 62.3 Å². The normalized spacial score (nSPS) is 22.8. The Hall–Kier alpha value is -2.16. The number of nitrogens with zero attached hydrogens (tertiary/aromatic N) is 3. The van der Waals surface area contributed by atoms with E-state index in [0.29, 0.717) is 26.1 Å². The molecule has 2 aromatic rings. The standard InChI is InChI=1S/C26H31BrClN5O2/c27-19-12-18-2-1-17-13-20(28)3-4-21(17)24(25(18)31-14-19)22-15-30-7-10-33(22)23(34)11-16-5-8-32(9-6-16)26(29)35/h3-4,12-14,16,22,24,30H,1-2,5-11,15H2,(H2,29,35). The summed E-state index contributed by atoms with van der Waals surface area (Å²) in [5.74, 6) is 0.434. The summed E-state index contributed by atoms with van der Waals surface area (Å²) in [5.41, 5.74) is 10.1. The number of benzene rings is 1. The molecule has 2 fully saturated rings. The van der Waals surface area contributed by atoms with Gasteiger partial charge in [-0.3, -0.25) is 9.78 Å². The van der Waals surface area contributed by atoms with Crippen molar-refractivity contribution >= 4 is 39.5 Å². The number of primary amides is 1. The number of amides is 3. The van der Waals surface area contributed by atoms with Crippen molar-refractivity contribution in [1.29, 1.82) is 0 Å². The number of carbonyl (C=O) groups excluding carboxylic acids is 2. The predicted octanol–water partition coefficient (Wildman–Crippen LogP) is 3.71. The first-order valence-corrected chi connectivity index (χ1v) is 13.5. The summed E-state index contributed by atoms with van der Waals surface area (Å²) in [7, 11) is 0. The summed E-state index contributed by atoms with van der Waals surface area (Å²) in [5, 5.41) is 4.26. The first-order chi connectivity index (χ1) is 16.9. The number of rotatable bonds is 3. The second-order valence-corrected chi connectivity index (χ2v) is 11.2. The molecule has 3 aliphatic rings. The van der Waals surface area contributed by atoms with E-state index in [4.69, 9.17) is 22.3 Å². The molecule has 2 unspecified atom stereocenters. The summed E-state index contributed by atoms with van der Waals surface area (Å²) in [6.45, 7) is 3.43. The summed E-state index contributed by atoms with van der Waals surface area (Å²) in [4.78, 5) is 33.8. The zero-order chi connectivity index (χ0) is 24.5. The number of fused-ring (bicyclic) bond motifs is 2. The molecule has 0 spiro atoms. The third kappa shape index (κ3) is 5.20. The molecule has 0 radical (unpaired) electrons. The smallest absolute Gasteiger partial charge is 0.314 e. The van der Waals surface area contributed by atoms with Crippen LogP contribution in [0.3, 0.4) is 0 Å². The van der Waals surface area contributed by atoms with Gasteiger partial charge >= 0.3 is 6.03 Å². The number of urea groups is 1. The Balaban J connectivity index is 1.44.